The van der Waals surface area contributed by atoms with Crippen molar-refractivity contribution >= 4 is 21.9 Å². The summed E-state index contributed by atoms with van der Waals surface area (Å²) in [4.78, 5) is 24.3. The summed E-state index contributed by atoms with van der Waals surface area (Å²) in [6.07, 6.45) is 0.00803. The number of carbonyl (C=O) groups excluding carboxylic acids is 1. The highest BCUT2D eigenvalue weighted by Gasteiger charge is 2.27. The van der Waals surface area contributed by atoms with Gasteiger partial charge < -0.3 is 10.0 Å². The minimum Gasteiger partial charge on any atom is -0.481 e. The van der Waals surface area contributed by atoms with Crippen molar-refractivity contribution in [3.05, 3.63) is 29.8 Å². The van der Waals surface area contributed by atoms with E-state index in [1.165, 1.54) is 23.1 Å². The van der Waals surface area contributed by atoms with Gasteiger partial charge in [-0.05, 0) is 45.4 Å². The highest BCUT2D eigenvalue weighted by Crippen LogP contribution is 2.18. The summed E-state index contributed by atoms with van der Waals surface area (Å²) in [5.74, 6) is -1.25. The molecular weight excluding hydrogens is 332 g/mol. The Morgan fingerprint density at radius 3 is 2.46 bits per heavy atom. The molecule has 0 aliphatic rings. The SMILES string of the molecule is CCN(C)C(=O)c1cccc(S(=O)(=O)NC(C)(C)CCC(=O)O)c1. The summed E-state index contributed by atoms with van der Waals surface area (Å²) in [5.41, 5.74) is -0.636. The van der Waals surface area contributed by atoms with Crippen molar-refractivity contribution in [1.29, 1.82) is 0 Å². The summed E-state index contributed by atoms with van der Waals surface area (Å²) < 4.78 is 27.5. The van der Waals surface area contributed by atoms with E-state index < -0.39 is 21.5 Å². The van der Waals surface area contributed by atoms with Gasteiger partial charge in [0.2, 0.25) is 10.0 Å². The first-order valence-corrected chi connectivity index (χ1v) is 9.08. The van der Waals surface area contributed by atoms with Crippen LogP contribution < -0.4 is 4.72 Å². The summed E-state index contributed by atoms with van der Waals surface area (Å²) in [6, 6.07) is 5.79. The average Bonchev–Trinajstić information content (AvgIpc) is 2.50. The molecular formula is C16H24N2O5S. The molecule has 0 unspecified atom stereocenters. The van der Waals surface area contributed by atoms with Crippen molar-refractivity contribution in [1.82, 2.24) is 9.62 Å². The number of carboxylic acid groups (broad SMARTS) is 1. The number of sulfonamides is 1. The van der Waals surface area contributed by atoms with Gasteiger partial charge >= 0.3 is 5.97 Å². The van der Waals surface area contributed by atoms with E-state index >= 15 is 0 Å². The van der Waals surface area contributed by atoms with Gasteiger partial charge in [0, 0.05) is 31.1 Å². The van der Waals surface area contributed by atoms with Crippen LogP contribution in [0.2, 0.25) is 0 Å². The molecule has 1 rings (SSSR count). The standard InChI is InChI=1S/C16H24N2O5S/c1-5-18(4)15(21)12-7-6-8-13(11-12)24(22,23)17-16(2,3)10-9-14(19)20/h6-8,11,17H,5,9-10H2,1-4H3,(H,19,20). The number of carboxylic acids is 1. The Kier molecular flexibility index (Phi) is 6.50. The summed E-state index contributed by atoms with van der Waals surface area (Å²) in [7, 11) is -2.23. The summed E-state index contributed by atoms with van der Waals surface area (Å²) >= 11 is 0. The predicted molar refractivity (Wildman–Crippen MR) is 90.3 cm³/mol. The molecule has 0 aliphatic heterocycles. The molecule has 0 aromatic heterocycles. The van der Waals surface area contributed by atoms with Crippen LogP contribution >= 0.6 is 0 Å². The molecule has 0 heterocycles. The number of rotatable bonds is 8. The lowest BCUT2D eigenvalue weighted by atomic mass is 10.0. The zero-order valence-corrected chi connectivity index (χ0v) is 15.2. The molecule has 0 fully saturated rings. The molecule has 134 valence electrons. The summed E-state index contributed by atoms with van der Waals surface area (Å²) in [6.45, 7) is 5.57. The Morgan fingerprint density at radius 2 is 1.92 bits per heavy atom. The number of hydrogen-bond donors (Lipinski definition) is 2. The molecule has 0 saturated carbocycles. The topological polar surface area (TPSA) is 104 Å². The van der Waals surface area contributed by atoms with E-state index in [-0.39, 0.29) is 29.2 Å². The maximum Gasteiger partial charge on any atom is 0.303 e. The first-order valence-electron chi connectivity index (χ1n) is 7.60. The largest absolute Gasteiger partial charge is 0.481 e. The van der Waals surface area contributed by atoms with Crippen LogP contribution in [0.15, 0.2) is 29.2 Å². The van der Waals surface area contributed by atoms with Gasteiger partial charge in [-0.15, -0.1) is 0 Å². The lowest BCUT2D eigenvalue weighted by Gasteiger charge is -2.25. The average molecular weight is 356 g/mol. The van der Waals surface area contributed by atoms with Crippen LogP contribution in [0.25, 0.3) is 0 Å². The van der Waals surface area contributed by atoms with Gasteiger partial charge in [-0.3, -0.25) is 9.59 Å². The second kappa shape index (κ2) is 7.76. The Labute approximate surface area is 142 Å². The molecule has 0 bridgehead atoms. The van der Waals surface area contributed by atoms with Crippen molar-refractivity contribution in [2.45, 2.75) is 44.0 Å². The van der Waals surface area contributed by atoms with Gasteiger partial charge in [0.1, 0.15) is 0 Å². The van der Waals surface area contributed by atoms with Gasteiger partial charge in [0.15, 0.2) is 0 Å². The second-order valence-electron chi connectivity index (χ2n) is 6.23. The van der Waals surface area contributed by atoms with E-state index in [1.807, 2.05) is 6.92 Å². The molecule has 2 N–H and O–H groups in total. The number of hydrogen-bond acceptors (Lipinski definition) is 4. The number of carbonyl (C=O) groups is 2. The van der Waals surface area contributed by atoms with E-state index in [2.05, 4.69) is 4.72 Å². The molecule has 1 amide bonds. The van der Waals surface area contributed by atoms with E-state index in [9.17, 15) is 18.0 Å². The van der Waals surface area contributed by atoms with Gasteiger partial charge in [0.05, 0.1) is 4.90 Å². The molecule has 7 nitrogen and oxygen atoms in total. The van der Waals surface area contributed by atoms with Crippen LogP contribution in [0.1, 0.15) is 44.0 Å². The minimum absolute atomic E-state index is 0.0266. The van der Waals surface area contributed by atoms with E-state index in [0.717, 1.165) is 0 Å². The molecule has 0 aliphatic carbocycles. The van der Waals surface area contributed by atoms with Crippen molar-refractivity contribution in [3.8, 4) is 0 Å². The molecule has 0 atom stereocenters. The second-order valence-corrected chi connectivity index (χ2v) is 7.91. The number of nitrogens with zero attached hydrogens (tertiary/aromatic N) is 1. The Hall–Kier alpha value is -1.93. The van der Waals surface area contributed by atoms with E-state index in [0.29, 0.717) is 6.54 Å². The van der Waals surface area contributed by atoms with Crippen molar-refractivity contribution in [3.63, 3.8) is 0 Å². The molecule has 1 aromatic carbocycles. The zero-order valence-electron chi connectivity index (χ0n) is 14.4. The summed E-state index contributed by atoms with van der Waals surface area (Å²) in [5, 5.41) is 8.75. The molecule has 24 heavy (non-hydrogen) atoms. The van der Waals surface area contributed by atoms with Crippen LogP contribution in [-0.4, -0.2) is 49.4 Å². The minimum atomic E-state index is -3.87. The van der Waals surface area contributed by atoms with Crippen molar-refractivity contribution in [2.24, 2.45) is 0 Å². The lowest BCUT2D eigenvalue weighted by molar-refractivity contribution is -0.137. The Bertz CT molecular complexity index is 713. The predicted octanol–water partition coefficient (Wildman–Crippen LogP) is 1.70. The molecule has 0 spiro atoms. The third-order valence-electron chi connectivity index (χ3n) is 3.59. The first kappa shape index (κ1) is 20.1. The number of nitrogens with one attached hydrogen (secondary N) is 1. The third-order valence-corrected chi connectivity index (χ3v) is 5.28. The normalized spacial score (nSPS) is 12.0. The number of benzene rings is 1. The van der Waals surface area contributed by atoms with Crippen molar-refractivity contribution < 1.29 is 23.1 Å². The molecule has 1 aromatic rings. The highest BCUT2D eigenvalue weighted by molar-refractivity contribution is 7.89. The smallest absolute Gasteiger partial charge is 0.303 e. The van der Waals surface area contributed by atoms with Crippen LogP contribution in [0.4, 0.5) is 0 Å². The highest BCUT2D eigenvalue weighted by atomic mass is 32.2. The van der Waals surface area contributed by atoms with Gasteiger partial charge in [0.25, 0.3) is 5.91 Å². The fourth-order valence-electron chi connectivity index (χ4n) is 2.05. The van der Waals surface area contributed by atoms with Crippen LogP contribution in [0.3, 0.4) is 0 Å². The quantitative estimate of drug-likeness (QED) is 0.738. The van der Waals surface area contributed by atoms with E-state index in [1.54, 1.807) is 27.0 Å². The van der Waals surface area contributed by atoms with Crippen LogP contribution in [0, 0.1) is 0 Å². The zero-order chi connectivity index (χ0) is 18.5. The van der Waals surface area contributed by atoms with E-state index in [4.69, 9.17) is 5.11 Å². The third kappa shape index (κ3) is 5.61. The maximum atomic E-state index is 12.5. The van der Waals surface area contributed by atoms with Crippen LogP contribution in [-0.2, 0) is 14.8 Å². The number of aliphatic carboxylic acids is 1. The van der Waals surface area contributed by atoms with Gasteiger partial charge in [-0.25, -0.2) is 13.1 Å². The Balaban J connectivity index is 3.03. The first-order chi connectivity index (χ1) is 11.0. The Morgan fingerprint density at radius 1 is 1.29 bits per heavy atom. The van der Waals surface area contributed by atoms with Gasteiger partial charge in [-0.2, -0.15) is 0 Å². The van der Waals surface area contributed by atoms with Crippen molar-refractivity contribution in [2.75, 3.05) is 13.6 Å². The molecule has 8 heteroatoms. The molecule has 0 radical (unpaired) electrons. The maximum absolute atomic E-state index is 12.5. The molecule has 0 saturated heterocycles. The monoisotopic (exact) mass is 356 g/mol. The van der Waals surface area contributed by atoms with Gasteiger partial charge in [-0.1, -0.05) is 6.07 Å². The lowest BCUT2D eigenvalue weighted by Crippen LogP contribution is -2.43. The van der Waals surface area contributed by atoms with Crippen LogP contribution in [0.5, 0.6) is 0 Å². The number of amides is 1. The fraction of sp³-hybridized carbons (Fsp3) is 0.500. The fourth-order valence-corrected chi connectivity index (χ4v) is 3.54.